The minimum Gasteiger partial charge on any atom is -0.490 e. The topological polar surface area (TPSA) is 89.0 Å². The maximum absolute atomic E-state index is 12.1. The molecular formula is C25H22Cl3N3O4. The molecule has 0 bridgehead atoms. The van der Waals surface area contributed by atoms with Crippen LogP contribution in [0, 0.1) is 0 Å². The molecule has 0 saturated carbocycles. The van der Waals surface area contributed by atoms with Crippen molar-refractivity contribution in [3.63, 3.8) is 0 Å². The monoisotopic (exact) mass is 533 g/mol. The zero-order valence-electron chi connectivity index (χ0n) is 18.7. The number of benzene rings is 3. The van der Waals surface area contributed by atoms with E-state index in [1.807, 2.05) is 19.1 Å². The summed E-state index contributed by atoms with van der Waals surface area (Å²) in [5, 5.41) is 7.66. The zero-order chi connectivity index (χ0) is 25.2. The first kappa shape index (κ1) is 26.3. The summed E-state index contributed by atoms with van der Waals surface area (Å²) < 4.78 is 11.6. The highest BCUT2D eigenvalue weighted by Gasteiger charge is 2.10. The van der Waals surface area contributed by atoms with Gasteiger partial charge in [-0.15, -0.1) is 0 Å². The van der Waals surface area contributed by atoms with Crippen LogP contribution in [0.1, 0.15) is 28.4 Å². The van der Waals surface area contributed by atoms with Crippen molar-refractivity contribution in [1.82, 2.24) is 10.7 Å². The normalized spacial score (nSPS) is 10.7. The van der Waals surface area contributed by atoms with E-state index in [1.54, 1.807) is 30.3 Å². The summed E-state index contributed by atoms with van der Waals surface area (Å²) in [4.78, 5) is 24.1. The van der Waals surface area contributed by atoms with Crippen molar-refractivity contribution in [3.8, 4) is 11.5 Å². The van der Waals surface area contributed by atoms with E-state index >= 15 is 0 Å². The molecule has 3 aromatic carbocycles. The number of nitrogens with one attached hydrogen (secondary N) is 2. The van der Waals surface area contributed by atoms with E-state index in [-0.39, 0.29) is 17.1 Å². The van der Waals surface area contributed by atoms with Gasteiger partial charge in [-0.05, 0) is 66.6 Å². The molecule has 35 heavy (non-hydrogen) atoms. The average Bonchev–Trinajstić information content (AvgIpc) is 2.85. The second-order valence-electron chi connectivity index (χ2n) is 7.16. The van der Waals surface area contributed by atoms with Crippen molar-refractivity contribution in [2.24, 2.45) is 5.10 Å². The van der Waals surface area contributed by atoms with Gasteiger partial charge in [-0.3, -0.25) is 9.59 Å². The molecule has 0 aliphatic carbocycles. The van der Waals surface area contributed by atoms with Gasteiger partial charge in [0.15, 0.2) is 11.5 Å². The van der Waals surface area contributed by atoms with Crippen molar-refractivity contribution < 1.29 is 19.1 Å². The van der Waals surface area contributed by atoms with Crippen LogP contribution in [0.4, 0.5) is 0 Å². The maximum Gasteiger partial charge on any atom is 0.259 e. The van der Waals surface area contributed by atoms with Crippen LogP contribution in [0.5, 0.6) is 11.5 Å². The third kappa shape index (κ3) is 8.17. The van der Waals surface area contributed by atoms with E-state index in [4.69, 9.17) is 44.3 Å². The number of hydrazone groups is 1. The molecule has 7 nitrogen and oxygen atoms in total. The lowest BCUT2D eigenvalue weighted by molar-refractivity contribution is -0.120. The highest BCUT2D eigenvalue weighted by atomic mass is 35.5. The molecule has 0 fully saturated rings. The van der Waals surface area contributed by atoms with Gasteiger partial charge in [0.25, 0.3) is 11.8 Å². The van der Waals surface area contributed by atoms with Crippen molar-refractivity contribution in [3.05, 3.63) is 92.4 Å². The van der Waals surface area contributed by atoms with Crippen molar-refractivity contribution in [1.29, 1.82) is 0 Å². The maximum atomic E-state index is 12.1. The fraction of sp³-hybridized carbons (Fsp3) is 0.160. The number of carbonyl (C=O) groups excluding carboxylic acids is 2. The Morgan fingerprint density at radius 1 is 0.914 bits per heavy atom. The number of nitrogens with zero attached hydrogens (tertiary/aromatic N) is 1. The smallest absolute Gasteiger partial charge is 0.259 e. The number of amides is 2. The van der Waals surface area contributed by atoms with Crippen LogP contribution in [0.2, 0.25) is 15.1 Å². The van der Waals surface area contributed by atoms with Crippen molar-refractivity contribution in [2.75, 3.05) is 13.2 Å². The summed E-state index contributed by atoms with van der Waals surface area (Å²) in [5.74, 6) is 0.166. The van der Waals surface area contributed by atoms with E-state index in [1.165, 1.54) is 24.4 Å². The predicted molar refractivity (Wildman–Crippen MR) is 138 cm³/mol. The quantitative estimate of drug-likeness (QED) is 0.265. The molecule has 0 aliphatic rings. The summed E-state index contributed by atoms with van der Waals surface area (Å²) in [6.07, 6.45) is 1.46. The van der Waals surface area contributed by atoms with E-state index in [0.29, 0.717) is 40.3 Å². The van der Waals surface area contributed by atoms with Crippen LogP contribution in [0.15, 0.2) is 65.8 Å². The van der Waals surface area contributed by atoms with Gasteiger partial charge < -0.3 is 14.8 Å². The van der Waals surface area contributed by atoms with Crippen LogP contribution >= 0.6 is 34.8 Å². The lowest BCUT2D eigenvalue weighted by Crippen LogP contribution is -2.34. The molecule has 0 aliphatic heterocycles. The third-order valence-corrected chi connectivity index (χ3v) is 5.56. The average molecular weight is 535 g/mol. The molecule has 2 amide bonds. The molecule has 10 heteroatoms. The Bertz CT molecular complexity index is 1220. The van der Waals surface area contributed by atoms with Crippen LogP contribution < -0.4 is 20.2 Å². The van der Waals surface area contributed by atoms with Gasteiger partial charge in [0.2, 0.25) is 0 Å². The SMILES string of the molecule is CCOc1cc(/C=N\NC(=O)CNC(=O)c2ccc(Cl)c(Cl)c2)ccc1OCc1ccc(Cl)cc1. The number of hydrogen-bond acceptors (Lipinski definition) is 5. The first-order chi connectivity index (χ1) is 16.9. The summed E-state index contributed by atoms with van der Waals surface area (Å²) in [7, 11) is 0. The second kappa shape index (κ2) is 13.0. The largest absolute Gasteiger partial charge is 0.490 e. The molecule has 182 valence electrons. The molecule has 0 spiro atoms. The molecule has 3 rings (SSSR count). The van der Waals surface area contributed by atoms with E-state index in [0.717, 1.165) is 5.56 Å². The summed E-state index contributed by atoms with van der Waals surface area (Å²) in [6.45, 7) is 2.41. The molecule has 0 atom stereocenters. The number of carbonyl (C=O) groups is 2. The van der Waals surface area contributed by atoms with Crippen molar-refractivity contribution in [2.45, 2.75) is 13.5 Å². The number of rotatable bonds is 10. The molecule has 0 aromatic heterocycles. The minimum atomic E-state index is -0.498. The summed E-state index contributed by atoms with van der Waals surface area (Å²) in [5.41, 5.74) is 4.31. The molecule has 0 radical (unpaired) electrons. The Labute approximate surface area is 218 Å². The molecular weight excluding hydrogens is 513 g/mol. The van der Waals surface area contributed by atoms with Gasteiger partial charge in [0, 0.05) is 10.6 Å². The molecule has 0 saturated heterocycles. The van der Waals surface area contributed by atoms with Crippen LogP contribution in [0.25, 0.3) is 0 Å². The minimum absolute atomic E-state index is 0.251. The van der Waals surface area contributed by atoms with Gasteiger partial charge in [-0.1, -0.05) is 46.9 Å². The van der Waals surface area contributed by atoms with Gasteiger partial charge >= 0.3 is 0 Å². The Hall–Kier alpha value is -3.26. The van der Waals surface area contributed by atoms with Crippen LogP contribution in [-0.4, -0.2) is 31.2 Å². The number of ether oxygens (including phenoxy) is 2. The Kier molecular flexibility index (Phi) is 9.78. The van der Waals surface area contributed by atoms with E-state index in [2.05, 4.69) is 15.8 Å². The van der Waals surface area contributed by atoms with Crippen LogP contribution in [0.3, 0.4) is 0 Å². The first-order valence-electron chi connectivity index (χ1n) is 10.5. The Morgan fingerprint density at radius 3 is 2.40 bits per heavy atom. The van der Waals surface area contributed by atoms with Crippen LogP contribution in [-0.2, 0) is 11.4 Å². The van der Waals surface area contributed by atoms with Crippen molar-refractivity contribution >= 4 is 52.8 Å². The molecule has 2 N–H and O–H groups in total. The van der Waals surface area contributed by atoms with E-state index in [9.17, 15) is 9.59 Å². The van der Waals surface area contributed by atoms with Gasteiger partial charge in [0.1, 0.15) is 6.61 Å². The van der Waals surface area contributed by atoms with Gasteiger partial charge in [-0.2, -0.15) is 5.10 Å². The highest BCUT2D eigenvalue weighted by Crippen LogP contribution is 2.29. The Balaban J connectivity index is 1.53. The molecule has 3 aromatic rings. The number of hydrogen-bond donors (Lipinski definition) is 2. The fourth-order valence-corrected chi connectivity index (χ4v) is 3.28. The lowest BCUT2D eigenvalue weighted by Gasteiger charge is -2.12. The summed E-state index contributed by atoms with van der Waals surface area (Å²) >= 11 is 17.7. The zero-order valence-corrected chi connectivity index (χ0v) is 21.0. The van der Waals surface area contributed by atoms with E-state index < -0.39 is 11.8 Å². The predicted octanol–water partition coefficient (Wildman–Crippen LogP) is 5.50. The molecule has 0 unspecified atom stereocenters. The van der Waals surface area contributed by atoms with Gasteiger partial charge in [0.05, 0.1) is 29.4 Å². The Morgan fingerprint density at radius 2 is 1.69 bits per heavy atom. The highest BCUT2D eigenvalue weighted by molar-refractivity contribution is 6.42. The standard InChI is InChI=1S/C25H22Cl3N3O4/c1-2-34-23-11-17(5-10-22(23)35-15-16-3-7-19(26)8-4-16)13-30-31-24(32)14-29-25(33)18-6-9-20(27)21(28)12-18/h3-13H,2,14-15H2,1H3,(H,29,33)(H,31,32)/b30-13-. The lowest BCUT2D eigenvalue weighted by atomic mass is 10.2. The number of halogens is 3. The summed E-state index contributed by atoms with van der Waals surface area (Å²) in [6, 6.07) is 17.1. The fourth-order valence-electron chi connectivity index (χ4n) is 2.85. The molecule has 0 heterocycles. The second-order valence-corrected chi connectivity index (χ2v) is 8.41. The first-order valence-corrected chi connectivity index (χ1v) is 11.7. The third-order valence-electron chi connectivity index (χ3n) is 4.57. The van der Waals surface area contributed by atoms with Gasteiger partial charge in [-0.25, -0.2) is 5.43 Å².